The van der Waals surface area contributed by atoms with Crippen molar-refractivity contribution >= 4 is 5.82 Å². The molecule has 1 aromatic heterocycles. The molecule has 0 saturated heterocycles. The van der Waals surface area contributed by atoms with E-state index in [1.54, 1.807) is 6.07 Å². The van der Waals surface area contributed by atoms with Crippen LogP contribution in [0.15, 0.2) is 24.3 Å². The number of halogens is 3. The molecule has 3 nitrogen and oxygen atoms in total. The van der Waals surface area contributed by atoms with E-state index in [4.69, 9.17) is 0 Å². The van der Waals surface area contributed by atoms with Gasteiger partial charge in [-0.15, -0.1) is 0 Å². The van der Waals surface area contributed by atoms with Crippen LogP contribution in [0, 0.1) is 0 Å². The molecule has 94 valence electrons. The molecule has 1 aliphatic rings. The zero-order chi connectivity index (χ0) is 12.8. The molecule has 0 fully saturated rings. The van der Waals surface area contributed by atoms with Crippen LogP contribution in [0.4, 0.5) is 19.0 Å². The Balaban J connectivity index is 2.17. The number of rotatable bonds is 1. The fraction of sp³-hybridized carbons (Fsp3) is 0.250. The van der Waals surface area contributed by atoms with Crippen molar-refractivity contribution in [3.63, 3.8) is 0 Å². The predicted molar refractivity (Wildman–Crippen MR) is 61.2 cm³/mol. The molecule has 2 aromatic rings. The molecule has 0 aliphatic carbocycles. The molecule has 0 bridgehead atoms. The highest BCUT2D eigenvalue weighted by molar-refractivity contribution is 5.73. The van der Waals surface area contributed by atoms with E-state index < -0.39 is 11.7 Å². The number of benzene rings is 1. The first-order valence-electron chi connectivity index (χ1n) is 5.55. The van der Waals surface area contributed by atoms with Crippen molar-refractivity contribution in [2.45, 2.75) is 12.6 Å². The summed E-state index contributed by atoms with van der Waals surface area (Å²) in [4.78, 5) is 0. The first kappa shape index (κ1) is 11.1. The average molecular weight is 253 g/mol. The van der Waals surface area contributed by atoms with E-state index in [0.29, 0.717) is 24.5 Å². The summed E-state index contributed by atoms with van der Waals surface area (Å²) < 4.78 is 38.8. The third-order valence-corrected chi connectivity index (χ3v) is 3.04. The number of H-pyrrole nitrogens is 1. The SMILES string of the molecule is FC(F)(F)c1ccccc1-c1[nH]nc2c1CCN2. The highest BCUT2D eigenvalue weighted by Gasteiger charge is 2.34. The van der Waals surface area contributed by atoms with Crippen LogP contribution in [-0.2, 0) is 12.6 Å². The van der Waals surface area contributed by atoms with Gasteiger partial charge in [-0.05, 0) is 12.5 Å². The average Bonchev–Trinajstić information content (AvgIpc) is 2.89. The number of nitrogens with one attached hydrogen (secondary N) is 2. The Morgan fingerprint density at radius 2 is 1.94 bits per heavy atom. The van der Waals surface area contributed by atoms with E-state index in [1.807, 2.05) is 0 Å². The van der Waals surface area contributed by atoms with Gasteiger partial charge in [0.25, 0.3) is 0 Å². The van der Waals surface area contributed by atoms with Crippen LogP contribution >= 0.6 is 0 Å². The Labute approximate surface area is 101 Å². The number of alkyl halides is 3. The predicted octanol–water partition coefficient (Wildman–Crippen LogP) is 3.06. The van der Waals surface area contributed by atoms with Crippen molar-refractivity contribution in [3.8, 4) is 11.3 Å². The number of aromatic nitrogens is 2. The molecule has 0 atom stereocenters. The minimum absolute atomic E-state index is 0.155. The molecule has 0 radical (unpaired) electrons. The fourth-order valence-corrected chi connectivity index (χ4v) is 2.23. The zero-order valence-electron chi connectivity index (χ0n) is 9.30. The number of aromatic amines is 1. The van der Waals surface area contributed by atoms with Gasteiger partial charge in [0.1, 0.15) is 0 Å². The lowest BCUT2D eigenvalue weighted by Crippen LogP contribution is -2.07. The van der Waals surface area contributed by atoms with Crippen LogP contribution in [-0.4, -0.2) is 16.7 Å². The molecule has 1 aliphatic heterocycles. The number of fused-ring (bicyclic) bond motifs is 1. The van der Waals surface area contributed by atoms with Gasteiger partial charge in [-0.2, -0.15) is 18.3 Å². The smallest absolute Gasteiger partial charge is 0.368 e. The minimum atomic E-state index is -4.36. The van der Waals surface area contributed by atoms with Crippen molar-refractivity contribution < 1.29 is 13.2 Å². The molecular formula is C12H10F3N3. The lowest BCUT2D eigenvalue weighted by atomic mass is 10.0. The van der Waals surface area contributed by atoms with Gasteiger partial charge in [-0.1, -0.05) is 18.2 Å². The van der Waals surface area contributed by atoms with E-state index in [9.17, 15) is 13.2 Å². The highest BCUT2D eigenvalue weighted by Crippen LogP contribution is 2.39. The van der Waals surface area contributed by atoms with Gasteiger partial charge < -0.3 is 5.32 Å². The first-order valence-corrected chi connectivity index (χ1v) is 5.55. The van der Waals surface area contributed by atoms with E-state index in [2.05, 4.69) is 15.5 Å². The standard InChI is InChI=1S/C12H10F3N3/c13-12(14,15)9-4-2-1-3-7(9)10-8-5-6-16-11(8)18-17-10/h1-4H,5-6H2,(H2,16,17,18). The Kier molecular flexibility index (Phi) is 2.33. The quantitative estimate of drug-likeness (QED) is 0.820. The van der Waals surface area contributed by atoms with Crippen molar-refractivity contribution in [1.82, 2.24) is 10.2 Å². The summed E-state index contributed by atoms with van der Waals surface area (Å²) in [6.07, 6.45) is -3.67. The molecule has 2 heterocycles. The summed E-state index contributed by atoms with van der Waals surface area (Å²) in [5, 5.41) is 9.71. The van der Waals surface area contributed by atoms with Crippen LogP contribution in [0.5, 0.6) is 0 Å². The van der Waals surface area contributed by atoms with Gasteiger partial charge in [0.05, 0.1) is 11.3 Å². The molecule has 2 N–H and O–H groups in total. The summed E-state index contributed by atoms with van der Waals surface area (Å²) in [6.45, 7) is 0.716. The maximum Gasteiger partial charge on any atom is 0.417 e. The van der Waals surface area contributed by atoms with Gasteiger partial charge in [-0.3, -0.25) is 5.10 Å². The fourth-order valence-electron chi connectivity index (χ4n) is 2.23. The van der Waals surface area contributed by atoms with E-state index >= 15 is 0 Å². The van der Waals surface area contributed by atoms with E-state index in [1.165, 1.54) is 12.1 Å². The third kappa shape index (κ3) is 1.64. The summed E-state index contributed by atoms with van der Waals surface area (Å²) in [5.41, 5.74) is 0.806. The molecule has 6 heteroatoms. The second-order valence-electron chi connectivity index (χ2n) is 4.15. The number of anilines is 1. The molecule has 0 spiro atoms. The Bertz CT molecular complexity index is 586. The zero-order valence-corrected chi connectivity index (χ0v) is 9.30. The van der Waals surface area contributed by atoms with Crippen LogP contribution in [0.25, 0.3) is 11.3 Å². The summed E-state index contributed by atoms with van der Waals surface area (Å²) in [5.74, 6) is 0.655. The van der Waals surface area contributed by atoms with Crippen LogP contribution < -0.4 is 5.32 Å². The van der Waals surface area contributed by atoms with Gasteiger partial charge in [0.2, 0.25) is 0 Å². The van der Waals surface area contributed by atoms with Crippen LogP contribution in [0.3, 0.4) is 0 Å². The normalized spacial score (nSPS) is 14.4. The third-order valence-electron chi connectivity index (χ3n) is 3.04. The lowest BCUT2D eigenvalue weighted by Gasteiger charge is -2.11. The second-order valence-corrected chi connectivity index (χ2v) is 4.15. The van der Waals surface area contributed by atoms with Crippen molar-refractivity contribution in [2.75, 3.05) is 11.9 Å². The maximum absolute atomic E-state index is 12.9. The Morgan fingerprint density at radius 3 is 2.72 bits per heavy atom. The van der Waals surface area contributed by atoms with Crippen LogP contribution in [0.1, 0.15) is 11.1 Å². The molecule has 0 amide bonds. The minimum Gasteiger partial charge on any atom is -0.368 e. The molecule has 18 heavy (non-hydrogen) atoms. The van der Waals surface area contributed by atoms with Crippen molar-refractivity contribution in [3.05, 3.63) is 35.4 Å². The molecule has 0 saturated carbocycles. The molecule has 1 aromatic carbocycles. The molecular weight excluding hydrogens is 243 g/mol. The van der Waals surface area contributed by atoms with Crippen LogP contribution in [0.2, 0.25) is 0 Å². The van der Waals surface area contributed by atoms with E-state index in [-0.39, 0.29) is 5.56 Å². The summed E-state index contributed by atoms with van der Waals surface area (Å²) in [6, 6.07) is 5.54. The number of nitrogens with zero attached hydrogens (tertiary/aromatic N) is 1. The van der Waals surface area contributed by atoms with Gasteiger partial charge in [0.15, 0.2) is 5.82 Å². The van der Waals surface area contributed by atoms with E-state index in [0.717, 1.165) is 11.6 Å². The first-order chi connectivity index (χ1) is 8.57. The summed E-state index contributed by atoms with van der Waals surface area (Å²) >= 11 is 0. The monoisotopic (exact) mass is 253 g/mol. The van der Waals surface area contributed by atoms with Crippen molar-refractivity contribution in [1.29, 1.82) is 0 Å². The van der Waals surface area contributed by atoms with Gasteiger partial charge >= 0.3 is 6.18 Å². The Morgan fingerprint density at radius 1 is 1.17 bits per heavy atom. The topological polar surface area (TPSA) is 40.7 Å². The number of hydrogen-bond acceptors (Lipinski definition) is 2. The highest BCUT2D eigenvalue weighted by atomic mass is 19.4. The van der Waals surface area contributed by atoms with Crippen molar-refractivity contribution in [2.24, 2.45) is 0 Å². The summed E-state index contributed by atoms with van der Waals surface area (Å²) in [7, 11) is 0. The maximum atomic E-state index is 12.9. The van der Waals surface area contributed by atoms with Gasteiger partial charge in [0, 0.05) is 17.7 Å². The molecule has 3 rings (SSSR count). The molecule has 0 unspecified atom stereocenters. The largest absolute Gasteiger partial charge is 0.417 e. The second kappa shape index (κ2) is 3.76. The Hall–Kier alpha value is -1.98. The van der Waals surface area contributed by atoms with Gasteiger partial charge in [-0.25, -0.2) is 0 Å². The number of hydrogen-bond donors (Lipinski definition) is 2. The lowest BCUT2D eigenvalue weighted by molar-refractivity contribution is -0.137.